The van der Waals surface area contributed by atoms with Crippen LogP contribution in [0.15, 0.2) is 71.9 Å². The molecule has 0 aliphatic heterocycles. The molecule has 0 spiro atoms. The monoisotopic (exact) mass is 545 g/mol. The molecule has 190 valence electrons. The smallest absolute Gasteiger partial charge is 0.252 e. The number of nitriles is 1. The van der Waals surface area contributed by atoms with Crippen LogP contribution in [0.3, 0.4) is 0 Å². The second-order valence-corrected chi connectivity index (χ2v) is 10.4. The van der Waals surface area contributed by atoms with E-state index in [1.54, 1.807) is 53.4 Å². The van der Waals surface area contributed by atoms with Gasteiger partial charge >= 0.3 is 0 Å². The molecule has 5 aromatic rings. The van der Waals surface area contributed by atoms with Crippen molar-refractivity contribution in [1.29, 1.82) is 5.26 Å². The molecule has 5 rings (SSSR count). The fourth-order valence-corrected chi connectivity index (χ4v) is 4.65. The van der Waals surface area contributed by atoms with Crippen molar-refractivity contribution in [3.05, 3.63) is 83.1 Å². The second kappa shape index (κ2) is 9.75. The molecule has 12 heteroatoms. The first kappa shape index (κ1) is 25.2. The summed E-state index contributed by atoms with van der Waals surface area (Å²) in [5.74, 6) is 0.884. The van der Waals surface area contributed by atoms with Gasteiger partial charge in [0.2, 0.25) is 16.0 Å². The normalized spacial score (nSPS) is 11.3. The van der Waals surface area contributed by atoms with Crippen LogP contribution in [-0.2, 0) is 17.1 Å². The van der Waals surface area contributed by atoms with Crippen LogP contribution in [0.1, 0.15) is 11.1 Å². The number of imidazole rings is 1. The maximum absolute atomic E-state index is 11.6. The number of fused-ring (bicyclic) bond motifs is 1. The van der Waals surface area contributed by atoms with Gasteiger partial charge in [-0.15, -0.1) is 0 Å². The number of anilines is 2. The fourth-order valence-electron chi connectivity index (χ4n) is 3.83. The highest BCUT2D eigenvalue weighted by Crippen LogP contribution is 2.38. The number of nitrogens with two attached hydrogens (primary N) is 1. The van der Waals surface area contributed by atoms with E-state index >= 15 is 0 Å². The van der Waals surface area contributed by atoms with E-state index in [4.69, 9.17) is 26.7 Å². The number of nitrogens with one attached hydrogen (secondary N) is 1. The van der Waals surface area contributed by atoms with E-state index in [-0.39, 0.29) is 16.7 Å². The third-order valence-electron chi connectivity index (χ3n) is 5.74. The molecule has 0 amide bonds. The van der Waals surface area contributed by atoms with Gasteiger partial charge in [0, 0.05) is 12.7 Å². The van der Waals surface area contributed by atoms with Gasteiger partial charge in [-0.2, -0.15) is 15.2 Å². The van der Waals surface area contributed by atoms with Gasteiger partial charge in [0.25, 0.3) is 5.88 Å². The van der Waals surface area contributed by atoms with Crippen LogP contribution >= 0.6 is 11.6 Å². The van der Waals surface area contributed by atoms with E-state index in [2.05, 4.69) is 26.3 Å². The first-order chi connectivity index (χ1) is 18.1. The molecule has 0 atom stereocenters. The van der Waals surface area contributed by atoms with Gasteiger partial charge in [-0.05, 0) is 72.1 Å². The maximum Gasteiger partial charge on any atom is 0.252 e. The lowest BCUT2D eigenvalue weighted by Crippen LogP contribution is -2.11. The number of hydrogen-bond donors (Lipinski definition) is 2. The molecule has 0 aliphatic rings. The molecule has 0 radical (unpaired) electrons. The van der Waals surface area contributed by atoms with Gasteiger partial charge in [-0.3, -0.25) is 0 Å². The Balaban J connectivity index is 1.49. The summed E-state index contributed by atoms with van der Waals surface area (Å²) in [5.41, 5.74) is 4.50. The summed E-state index contributed by atoms with van der Waals surface area (Å²) in [6.45, 7) is 1.84. The van der Waals surface area contributed by atoms with Gasteiger partial charge in [-0.25, -0.2) is 18.5 Å². The average Bonchev–Trinajstić information content (AvgIpc) is 3.26. The number of aryl methyl sites for hydroxylation is 2. The average molecular weight is 546 g/mol. The molecule has 2 heterocycles. The minimum absolute atomic E-state index is 0.0255. The van der Waals surface area contributed by atoms with Crippen LogP contribution < -0.4 is 15.2 Å². The Labute approximate surface area is 223 Å². The van der Waals surface area contributed by atoms with E-state index in [9.17, 15) is 8.42 Å². The Morgan fingerprint density at radius 1 is 1.05 bits per heavy atom. The van der Waals surface area contributed by atoms with E-state index in [1.807, 2.05) is 20.0 Å². The topological polar surface area (TPSA) is 149 Å². The molecule has 0 saturated carbocycles. The van der Waals surface area contributed by atoms with Crippen molar-refractivity contribution in [2.75, 3.05) is 5.32 Å². The van der Waals surface area contributed by atoms with Crippen molar-refractivity contribution in [2.45, 2.75) is 11.8 Å². The van der Waals surface area contributed by atoms with Gasteiger partial charge in [0.15, 0.2) is 16.9 Å². The summed E-state index contributed by atoms with van der Waals surface area (Å²) in [4.78, 5) is 13.5. The number of rotatable bonds is 6. The Bertz CT molecular complexity index is 1810. The number of nitrogens with zero attached hydrogens (tertiary/aromatic N) is 5. The summed E-state index contributed by atoms with van der Waals surface area (Å²) in [7, 11) is -1.97. The molecule has 3 aromatic carbocycles. The van der Waals surface area contributed by atoms with Crippen molar-refractivity contribution in [3.63, 3.8) is 0 Å². The lowest BCUT2D eigenvalue weighted by atomic mass is 10.0. The molecule has 0 aliphatic carbocycles. The quantitative estimate of drug-likeness (QED) is 0.301. The van der Waals surface area contributed by atoms with Crippen LogP contribution in [0.5, 0.6) is 11.6 Å². The largest absolute Gasteiger partial charge is 0.435 e. The highest BCUT2D eigenvalue weighted by atomic mass is 35.5. The van der Waals surface area contributed by atoms with Gasteiger partial charge < -0.3 is 14.6 Å². The summed E-state index contributed by atoms with van der Waals surface area (Å²) < 4.78 is 31.1. The Morgan fingerprint density at radius 2 is 1.76 bits per heavy atom. The van der Waals surface area contributed by atoms with E-state index in [1.165, 1.54) is 12.1 Å². The zero-order valence-corrected chi connectivity index (χ0v) is 21.7. The van der Waals surface area contributed by atoms with Gasteiger partial charge in [-0.1, -0.05) is 23.7 Å². The summed E-state index contributed by atoms with van der Waals surface area (Å²) >= 11 is 6.64. The number of sulfonamides is 1. The standard InChI is InChI=1S/C26H20ClN7O3S/c1-15-11-18(17-5-9-20(10-6-17)38(29,35)36)12-21(27)23(15)37-25-22-24(34(2)14-30-22)32-26(33-25)31-19-7-3-16(13-28)4-8-19/h3-12,14H,1-2H3,(H2,29,35,36)(H,31,32,33). The predicted molar refractivity (Wildman–Crippen MR) is 144 cm³/mol. The van der Waals surface area contributed by atoms with E-state index in [0.717, 1.165) is 16.7 Å². The molecule has 3 N–H and O–H groups in total. The number of aromatic nitrogens is 4. The lowest BCUT2D eigenvalue weighted by molar-refractivity contribution is 0.465. The molecule has 0 bridgehead atoms. The van der Waals surface area contributed by atoms with Crippen LogP contribution in [0.2, 0.25) is 5.02 Å². The van der Waals surface area contributed by atoms with Crippen LogP contribution in [-0.4, -0.2) is 27.9 Å². The third-order valence-corrected chi connectivity index (χ3v) is 6.95. The molecule has 2 aromatic heterocycles. The molecule has 0 fully saturated rings. The highest BCUT2D eigenvalue weighted by Gasteiger charge is 2.18. The lowest BCUT2D eigenvalue weighted by Gasteiger charge is -2.14. The predicted octanol–water partition coefficient (Wildman–Crippen LogP) is 5.05. The zero-order valence-electron chi connectivity index (χ0n) is 20.2. The molecular formula is C26H20ClN7O3S. The molecular weight excluding hydrogens is 526 g/mol. The van der Waals surface area contributed by atoms with E-state index in [0.29, 0.717) is 33.2 Å². The van der Waals surface area contributed by atoms with Crippen molar-refractivity contribution >= 4 is 44.4 Å². The minimum atomic E-state index is -3.79. The number of ether oxygens (including phenoxy) is 1. The molecule has 0 unspecified atom stereocenters. The summed E-state index contributed by atoms with van der Waals surface area (Å²) in [6, 6.07) is 18.8. The van der Waals surface area contributed by atoms with Crippen molar-refractivity contribution in [3.8, 4) is 28.8 Å². The summed E-state index contributed by atoms with van der Waals surface area (Å²) in [6.07, 6.45) is 1.61. The maximum atomic E-state index is 11.6. The Kier molecular flexibility index (Phi) is 6.46. The number of benzene rings is 3. The number of halogens is 1. The Morgan fingerprint density at radius 3 is 2.39 bits per heavy atom. The van der Waals surface area contributed by atoms with Crippen LogP contribution in [0.4, 0.5) is 11.6 Å². The Hall–Kier alpha value is -4.50. The number of primary sulfonamides is 1. The fraction of sp³-hybridized carbons (Fsp3) is 0.0769. The molecule has 38 heavy (non-hydrogen) atoms. The first-order valence-electron chi connectivity index (χ1n) is 11.2. The molecule has 0 saturated heterocycles. The van der Waals surface area contributed by atoms with Crippen molar-refractivity contribution < 1.29 is 13.2 Å². The highest BCUT2D eigenvalue weighted by molar-refractivity contribution is 7.89. The van der Waals surface area contributed by atoms with Gasteiger partial charge in [0.05, 0.1) is 27.9 Å². The number of hydrogen-bond acceptors (Lipinski definition) is 8. The van der Waals surface area contributed by atoms with Crippen molar-refractivity contribution in [1.82, 2.24) is 19.5 Å². The summed E-state index contributed by atoms with van der Waals surface area (Å²) in [5, 5.41) is 17.7. The zero-order chi connectivity index (χ0) is 27.0. The van der Waals surface area contributed by atoms with Crippen molar-refractivity contribution in [2.24, 2.45) is 12.2 Å². The molecule has 10 nitrogen and oxygen atoms in total. The van der Waals surface area contributed by atoms with Crippen LogP contribution in [0, 0.1) is 18.3 Å². The second-order valence-electron chi connectivity index (χ2n) is 8.47. The minimum Gasteiger partial charge on any atom is -0.435 e. The van der Waals surface area contributed by atoms with E-state index < -0.39 is 10.0 Å². The van der Waals surface area contributed by atoms with Crippen LogP contribution in [0.25, 0.3) is 22.3 Å². The van der Waals surface area contributed by atoms with Gasteiger partial charge in [0.1, 0.15) is 0 Å². The SMILES string of the molecule is Cc1cc(-c2ccc(S(N)(=O)=O)cc2)cc(Cl)c1Oc1nc(Nc2ccc(C#N)cc2)nc2c1ncn2C. The first-order valence-corrected chi connectivity index (χ1v) is 13.1. The third kappa shape index (κ3) is 5.01.